The fraction of sp³-hybridized carbons (Fsp3) is 1.00. The minimum Gasteiger partial charge on any atom is -0.390 e. The van der Waals surface area contributed by atoms with Gasteiger partial charge in [-0.05, 0) is 39.5 Å². The molecule has 0 amide bonds. The lowest BCUT2D eigenvalue weighted by Gasteiger charge is -2.32. The highest BCUT2D eigenvalue weighted by molar-refractivity contribution is 4.82. The van der Waals surface area contributed by atoms with Crippen LogP contribution in [0.4, 0.5) is 0 Å². The second kappa shape index (κ2) is 5.31. The van der Waals surface area contributed by atoms with Crippen molar-refractivity contribution in [3.05, 3.63) is 0 Å². The zero-order valence-corrected chi connectivity index (χ0v) is 10.3. The molecule has 1 saturated carbocycles. The van der Waals surface area contributed by atoms with Crippen molar-refractivity contribution in [3.63, 3.8) is 0 Å². The number of unbranched alkanes of at least 4 members (excludes halogenated alkanes) is 1. The van der Waals surface area contributed by atoms with Gasteiger partial charge in [0.05, 0.1) is 11.2 Å². The van der Waals surface area contributed by atoms with Crippen LogP contribution in [-0.4, -0.2) is 21.4 Å². The molecule has 2 heteroatoms. The van der Waals surface area contributed by atoms with Crippen LogP contribution in [0.2, 0.25) is 0 Å². The Morgan fingerprint density at radius 3 is 2.20 bits per heavy atom. The standard InChI is InChI=1S/C13H26O2/c1-12(2,14)8-6-7-11-13(15)9-4-3-5-10-13/h14-15H,3-11H2,1-2H3. The van der Waals surface area contributed by atoms with Crippen LogP contribution in [0.25, 0.3) is 0 Å². The Hall–Kier alpha value is -0.0800. The Bertz CT molecular complexity index is 175. The van der Waals surface area contributed by atoms with Gasteiger partial charge in [-0.3, -0.25) is 0 Å². The lowest BCUT2D eigenvalue weighted by molar-refractivity contribution is -0.00801. The average Bonchev–Trinajstić information content (AvgIpc) is 2.12. The average molecular weight is 214 g/mol. The first kappa shape index (κ1) is 13.0. The molecule has 0 unspecified atom stereocenters. The van der Waals surface area contributed by atoms with E-state index in [1.165, 1.54) is 19.3 Å². The van der Waals surface area contributed by atoms with Gasteiger partial charge < -0.3 is 10.2 Å². The summed E-state index contributed by atoms with van der Waals surface area (Å²) in [5.74, 6) is 0. The number of hydrogen-bond acceptors (Lipinski definition) is 2. The summed E-state index contributed by atoms with van der Waals surface area (Å²) in [6.07, 6.45) is 9.43. The van der Waals surface area contributed by atoms with E-state index < -0.39 is 5.60 Å². The molecule has 0 radical (unpaired) electrons. The van der Waals surface area contributed by atoms with Crippen LogP contribution < -0.4 is 0 Å². The van der Waals surface area contributed by atoms with E-state index in [9.17, 15) is 10.2 Å². The van der Waals surface area contributed by atoms with Crippen LogP contribution in [0, 0.1) is 0 Å². The van der Waals surface area contributed by atoms with Crippen molar-refractivity contribution >= 4 is 0 Å². The number of rotatable bonds is 5. The largest absolute Gasteiger partial charge is 0.390 e. The third-order valence-corrected chi connectivity index (χ3v) is 3.46. The summed E-state index contributed by atoms with van der Waals surface area (Å²) in [6, 6.07) is 0. The molecule has 0 heterocycles. The summed E-state index contributed by atoms with van der Waals surface area (Å²) >= 11 is 0. The second-order valence-electron chi connectivity index (χ2n) is 5.80. The van der Waals surface area contributed by atoms with Crippen LogP contribution in [0.15, 0.2) is 0 Å². The van der Waals surface area contributed by atoms with E-state index in [0.717, 1.165) is 38.5 Å². The molecule has 0 atom stereocenters. The van der Waals surface area contributed by atoms with E-state index >= 15 is 0 Å². The van der Waals surface area contributed by atoms with Gasteiger partial charge in [-0.1, -0.05) is 32.1 Å². The molecular formula is C13H26O2. The summed E-state index contributed by atoms with van der Waals surface area (Å²) in [5, 5.41) is 19.8. The molecule has 0 saturated heterocycles. The maximum absolute atomic E-state index is 10.2. The summed E-state index contributed by atoms with van der Waals surface area (Å²) in [6.45, 7) is 3.70. The van der Waals surface area contributed by atoms with E-state index in [1.54, 1.807) is 0 Å². The van der Waals surface area contributed by atoms with Crippen molar-refractivity contribution in [1.29, 1.82) is 0 Å². The molecule has 1 aliphatic carbocycles. The first-order valence-corrected chi connectivity index (χ1v) is 6.36. The smallest absolute Gasteiger partial charge is 0.0647 e. The molecule has 90 valence electrons. The molecular weight excluding hydrogens is 188 g/mol. The summed E-state index contributed by atoms with van der Waals surface area (Å²) in [4.78, 5) is 0. The van der Waals surface area contributed by atoms with E-state index in [1.807, 2.05) is 13.8 Å². The minimum atomic E-state index is -0.546. The fourth-order valence-electron chi connectivity index (χ4n) is 2.47. The highest BCUT2D eigenvalue weighted by atomic mass is 16.3. The Morgan fingerprint density at radius 2 is 1.67 bits per heavy atom. The van der Waals surface area contributed by atoms with Crippen molar-refractivity contribution in [2.24, 2.45) is 0 Å². The zero-order valence-electron chi connectivity index (χ0n) is 10.3. The summed E-state index contributed by atoms with van der Waals surface area (Å²) in [7, 11) is 0. The summed E-state index contributed by atoms with van der Waals surface area (Å²) < 4.78 is 0. The van der Waals surface area contributed by atoms with Gasteiger partial charge in [0.25, 0.3) is 0 Å². The van der Waals surface area contributed by atoms with E-state index in [2.05, 4.69) is 0 Å². The van der Waals surface area contributed by atoms with Gasteiger partial charge in [0.2, 0.25) is 0 Å². The van der Waals surface area contributed by atoms with Gasteiger partial charge in [0.15, 0.2) is 0 Å². The van der Waals surface area contributed by atoms with Gasteiger partial charge in [-0.15, -0.1) is 0 Å². The van der Waals surface area contributed by atoms with E-state index in [0.29, 0.717) is 0 Å². The van der Waals surface area contributed by atoms with E-state index in [4.69, 9.17) is 0 Å². The Kier molecular flexibility index (Phi) is 4.60. The molecule has 1 rings (SSSR count). The van der Waals surface area contributed by atoms with E-state index in [-0.39, 0.29) is 5.60 Å². The predicted octanol–water partition coefficient (Wildman–Crippen LogP) is 3.01. The third kappa shape index (κ3) is 5.53. The van der Waals surface area contributed by atoms with Gasteiger partial charge in [0.1, 0.15) is 0 Å². The lowest BCUT2D eigenvalue weighted by atomic mass is 9.81. The maximum Gasteiger partial charge on any atom is 0.0647 e. The molecule has 1 fully saturated rings. The van der Waals surface area contributed by atoms with Crippen molar-refractivity contribution in [2.75, 3.05) is 0 Å². The predicted molar refractivity (Wildman–Crippen MR) is 62.8 cm³/mol. The molecule has 1 aliphatic rings. The quantitative estimate of drug-likeness (QED) is 0.691. The minimum absolute atomic E-state index is 0.377. The molecule has 0 spiro atoms. The van der Waals surface area contributed by atoms with Gasteiger partial charge >= 0.3 is 0 Å². The molecule has 2 nitrogen and oxygen atoms in total. The number of hydrogen-bond donors (Lipinski definition) is 2. The first-order valence-electron chi connectivity index (χ1n) is 6.36. The lowest BCUT2D eigenvalue weighted by Crippen LogP contribution is -2.31. The van der Waals surface area contributed by atoms with Crippen LogP contribution in [0.5, 0.6) is 0 Å². The normalized spacial score (nSPS) is 21.6. The number of aliphatic hydroxyl groups is 2. The zero-order chi connectivity index (χ0) is 11.4. The highest BCUT2D eigenvalue weighted by Crippen LogP contribution is 2.32. The van der Waals surface area contributed by atoms with Crippen molar-refractivity contribution in [2.45, 2.75) is 82.8 Å². The Morgan fingerprint density at radius 1 is 1.07 bits per heavy atom. The van der Waals surface area contributed by atoms with Gasteiger partial charge in [0, 0.05) is 0 Å². The van der Waals surface area contributed by atoms with Gasteiger partial charge in [-0.2, -0.15) is 0 Å². The molecule has 0 aliphatic heterocycles. The molecule has 0 bridgehead atoms. The molecule has 2 N–H and O–H groups in total. The maximum atomic E-state index is 10.2. The third-order valence-electron chi connectivity index (χ3n) is 3.46. The first-order chi connectivity index (χ1) is 6.91. The Labute approximate surface area is 93.7 Å². The molecule has 15 heavy (non-hydrogen) atoms. The molecule has 0 aromatic heterocycles. The highest BCUT2D eigenvalue weighted by Gasteiger charge is 2.28. The van der Waals surface area contributed by atoms with Crippen molar-refractivity contribution < 1.29 is 10.2 Å². The van der Waals surface area contributed by atoms with Crippen LogP contribution >= 0.6 is 0 Å². The SMILES string of the molecule is CC(C)(O)CCCCC1(O)CCCCC1. The fourth-order valence-corrected chi connectivity index (χ4v) is 2.47. The second-order valence-corrected chi connectivity index (χ2v) is 5.80. The van der Waals surface area contributed by atoms with Crippen LogP contribution in [0.3, 0.4) is 0 Å². The van der Waals surface area contributed by atoms with Crippen molar-refractivity contribution in [3.8, 4) is 0 Å². The molecule has 0 aromatic carbocycles. The van der Waals surface area contributed by atoms with Crippen LogP contribution in [-0.2, 0) is 0 Å². The van der Waals surface area contributed by atoms with Crippen molar-refractivity contribution in [1.82, 2.24) is 0 Å². The summed E-state index contributed by atoms with van der Waals surface area (Å²) in [5.41, 5.74) is -0.924. The van der Waals surface area contributed by atoms with Gasteiger partial charge in [-0.25, -0.2) is 0 Å². The monoisotopic (exact) mass is 214 g/mol. The topological polar surface area (TPSA) is 40.5 Å². The Balaban J connectivity index is 2.13. The van der Waals surface area contributed by atoms with Crippen LogP contribution in [0.1, 0.15) is 71.6 Å². The molecule has 0 aromatic rings.